The Morgan fingerprint density at radius 3 is 2.26 bits per heavy atom. The number of ether oxygens (including phenoxy) is 3. The molecule has 172 valence electrons. The fraction of sp³-hybridized carbons (Fsp3) is 0.545. The van der Waals surface area contributed by atoms with Crippen LogP contribution in [0.5, 0.6) is 0 Å². The van der Waals surface area contributed by atoms with Crippen molar-refractivity contribution in [3.8, 4) is 0 Å². The number of rotatable bonds is 13. The third kappa shape index (κ3) is 11.0. The van der Waals surface area contributed by atoms with E-state index in [0.29, 0.717) is 25.8 Å². The molecular weight excluding hydrogens is 404 g/mol. The topological polar surface area (TPSA) is 120 Å². The lowest BCUT2D eigenvalue weighted by molar-refractivity contribution is -0.148. The lowest BCUT2D eigenvalue weighted by Gasteiger charge is -2.19. The fourth-order valence-corrected chi connectivity index (χ4v) is 2.83. The predicted octanol–water partition coefficient (Wildman–Crippen LogP) is 2.33. The molecule has 0 aromatic heterocycles. The van der Waals surface area contributed by atoms with Crippen LogP contribution in [0.15, 0.2) is 30.3 Å². The molecule has 31 heavy (non-hydrogen) atoms. The molecule has 0 unspecified atom stereocenters. The van der Waals surface area contributed by atoms with Gasteiger partial charge in [-0.25, -0.2) is 9.59 Å². The van der Waals surface area contributed by atoms with Crippen LogP contribution in [-0.2, 0) is 35.2 Å². The van der Waals surface area contributed by atoms with E-state index in [1.165, 1.54) is 14.2 Å². The number of amides is 2. The van der Waals surface area contributed by atoms with E-state index in [9.17, 15) is 19.2 Å². The number of carbonyl (C=O) groups is 4. The summed E-state index contributed by atoms with van der Waals surface area (Å²) in [5.41, 5.74) is 0.912. The Morgan fingerprint density at radius 2 is 1.61 bits per heavy atom. The lowest BCUT2D eigenvalue weighted by Crippen LogP contribution is -2.43. The van der Waals surface area contributed by atoms with Gasteiger partial charge >= 0.3 is 18.0 Å². The second-order valence-electron chi connectivity index (χ2n) is 7.10. The second-order valence-corrected chi connectivity index (χ2v) is 7.10. The van der Waals surface area contributed by atoms with Gasteiger partial charge in [-0.3, -0.25) is 9.59 Å². The summed E-state index contributed by atoms with van der Waals surface area (Å²) in [6.07, 6.45) is 1.83. The maximum absolute atomic E-state index is 12.1. The standard InChI is InChI=1S/C22H32N2O7/c1-16(20(26)29-2)14-18(21(27)30-3)24-19(25)12-8-5-9-13-23-22(28)31-15-17-10-6-4-7-11-17/h4,6-7,10-11,16,18H,5,8-9,12-15H2,1-3H3,(H,23,28)(H,24,25)/t16-,18-/m0/s1. The summed E-state index contributed by atoms with van der Waals surface area (Å²) in [4.78, 5) is 47.2. The van der Waals surface area contributed by atoms with E-state index in [1.54, 1.807) is 6.92 Å². The van der Waals surface area contributed by atoms with Crippen LogP contribution in [-0.4, -0.2) is 50.7 Å². The van der Waals surface area contributed by atoms with Crippen molar-refractivity contribution in [2.75, 3.05) is 20.8 Å². The van der Waals surface area contributed by atoms with Gasteiger partial charge in [0.25, 0.3) is 0 Å². The summed E-state index contributed by atoms with van der Waals surface area (Å²) in [6, 6.07) is 8.48. The Kier molecular flexibility index (Phi) is 12.4. The molecule has 0 aliphatic heterocycles. The molecular formula is C22H32N2O7. The van der Waals surface area contributed by atoms with Crippen molar-refractivity contribution in [3.05, 3.63) is 35.9 Å². The zero-order valence-corrected chi connectivity index (χ0v) is 18.3. The third-order valence-corrected chi connectivity index (χ3v) is 4.58. The monoisotopic (exact) mass is 436 g/mol. The van der Waals surface area contributed by atoms with Crippen LogP contribution < -0.4 is 10.6 Å². The highest BCUT2D eigenvalue weighted by Gasteiger charge is 2.27. The van der Waals surface area contributed by atoms with Crippen molar-refractivity contribution in [1.29, 1.82) is 0 Å². The minimum Gasteiger partial charge on any atom is -0.469 e. The molecule has 0 aliphatic rings. The fourth-order valence-electron chi connectivity index (χ4n) is 2.83. The SMILES string of the molecule is COC(=O)[C@H](C[C@H](C)C(=O)OC)NC(=O)CCCCCNC(=O)OCc1ccccc1. The molecule has 0 radical (unpaired) electrons. The van der Waals surface area contributed by atoms with Crippen molar-refractivity contribution >= 4 is 23.9 Å². The number of hydrogen-bond donors (Lipinski definition) is 2. The Bertz CT molecular complexity index is 709. The molecule has 1 aromatic carbocycles. The lowest BCUT2D eigenvalue weighted by atomic mass is 10.0. The van der Waals surface area contributed by atoms with E-state index >= 15 is 0 Å². The molecule has 2 N–H and O–H groups in total. The molecule has 2 atom stereocenters. The van der Waals surface area contributed by atoms with E-state index in [0.717, 1.165) is 5.56 Å². The molecule has 0 saturated heterocycles. The molecule has 9 nitrogen and oxygen atoms in total. The molecule has 0 aliphatic carbocycles. The van der Waals surface area contributed by atoms with Gasteiger partial charge in [-0.05, 0) is 24.8 Å². The molecule has 0 spiro atoms. The first-order valence-electron chi connectivity index (χ1n) is 10.3. The summed E-state index contributed by atoms with van der Waals surface area (Å²) in [6.45, 7) is 2.27. The molecule has 0 saturated carbocycles. The number of benzene rings is 1. The number of carbonyl (C=O) groups excluding carboxylic acids is 4. The van der Waals surface area contributed by atoms with Gasteiger partial charge in [-0.1, -0.05) is 43.7 Å². The first-order chi connectivity index (χ1) is 14.9. The van der Waals surface area contributed by atoms with Crippen LogP contribution in [0.3, 0.4) is 0 Å². The number of alkyl carbamates (subject to hydrolysis) is 1. The zero-order valence-electron chi connectivity index (χ0n) is 18.3. The van der Waals surface area contributed by atoms with Crippen LogP contribution in [0.2, 0.25) is 0 Å². The summed E-state index contributed by atoms with van der Waals surface area (Å²) in [5.74, 6) is -1.93. The smallest absolute Gasteiger partial charge is 0.407 e. The summed E-state index contributed by atoms with van der Waals surface area (Å²) in [7, 11) is 2.49. The molecule has 2 amide bonds. The summed E-state index contributed by atoms with van der Waals surface area (Å²) >= 11 is 0. The highest BCUT2D eigenvalue weighted by atomic mass is 16.5. The van der Waals surface area contributed by atoms with E-state index in [-0.39, 0.29) is 25.4 Å². The van der Waals surface area contributed by atoms with Gasteiger partial charge < -0.3 is 24.8 Å². The predicted molar refractivity (Wildman–Crippen MR) is 113 cm³/mol. The van der Waals surface area contributed by atoms with Crippen molar-refractivity contribution in [3.63, 3.8) is 0 Å². The average Bonchev–Trinajstić information content (AvgIpc) is 2.78. The van der Waals surface area contributed by atoms with Crippen LogP contribution in [0.1, 0.15) is 44.6 Å². The number of nitrogens with one attached hydrogen (secondary N) is 2. The Hall–Kier alpha value is -3.10. The Morgan fingerprint density at radius 1 is 0.935 bits per heavy atom. The van der Waals surface area contributed by atoms with Gasteiger partial charge in [-0.2, -0.15) is 0 Å². The van der Waals surface area contributed by atoms with E-state index in [1.807, 2.05) is 30.3 Å². The number of unbranched alkanes of at least 4 members (excludes halogenated alkanes) is 2. The highest BCUT2D eigenvalue weighted by molar-refractivity contribution is 5.85. The molecule has 1 aromatic rings. The Labute approximate surface area is 182 Å². The van der Waals surface area contributed by atoms with Gasteiger partial charge in [-0.15, -0.1) is 0 Å². The highest BCUT2D eigenvalue weighted by Crippen LogP contribution is 2.10. The van der Waals surface area contributed by atoms with Crippen LogP contribution in [0, 0.1) is 5.92 Å². The molecule has 1 rings (SSSR count). The molecule has 0 bridgehead atoms. The van der Waals surface area contributed by atoms with Gasteiger partial charge in [0.05, 0.1) is 20.1 Å². The number of hydrogen-bond acceptors (Lipinski definition) is 7. The first kappa shape index (κ1) is 25.9. The van der Waals surface area contributed by atoms with Crippen LogP contribution >= 0.6 is 0 Å². The minimum absolute atomic E-state index is 0.0973. The van der Waals surface area contributed by atoms with Gasteiger partial charge in [0, 0.05) is 13.0 Å². The zero-order chi connectivity index (χ0) is 23.1. The number of esters is 2. The molecule has 0 heterocycles. The van der Waals surface area contributed by atoms with Crippen molar-refractivity contribution < 1.29 is 33.4 Å². The van der Waals surface area contributed by atoms with Crippen molar-refractivity contribution in [2.45, 2.75) is 51.7 Å². The maximum atomic E-state index is 12.1. The average molecular weight is 437 g/mol. The van der Waals surface area contributed by atoms with Gasteiger partial charge in [0.15, 0.2) is 0 Å². The second kappa shape index (κ2) is 14.8. The quantitative estimate of drug-likeness (QED) is 0.277. The van der Waals surface area contributed by atoms with Crippen molar-refractivity contribution in [1.82, 2.24) is 10.6 Å². The van der Waals surface area contributed by atoms with E-state index in [4.69, 9.17) is 9.47 Å². The third-order valence-electron chi connectivity index (χ3n) is 4.58. The summed E-state index contributed by atoms with van der Waals surface area (Å²) < 4.78 is 14.5. The van der Waals surface area contributed by atoms with Gasteiger partial charge in [0.2, 0.25) is 5.91 Å². The van der Waals surface area contributed by atoms with E-state index in [2.05, 4.69) is 15.4 Å². The normalized spacial score (nSPS) is 12.2. The Balaban J connectivity index is 2.20. The summed E-state index contributed by atoms with van der Waals surface area (Å²) in [5, 5.41) is 5.27. The van der Waals surface area contributed by atoms with Gasteiger partial charge in [0.1, 0.15) is 12.6 Å². The van der Waals surface area contributed by atoms with Crippen LogP contribution in [0.4, 0.5) is 4.79 Å². The molecule has 0 fully saturated rings. The number of methoxy groups -OCH3 is 2. The van der Waals surface area contributed by atoms with Crippen molar-refractivity contribution in [2.24, 2.45) is 5.92 Å². The minimum atomic E-state index is -0.910. The largest absolute Gasteiger partial charge is 0.469 e. The maximum Gasteiger partial charge on any atom is 0.407 e. The molecule has 9 heteroatoms. The first-order valence-corrected chi connectivity index (χ1v) is 10.3. The van der Waals surface area contributed by atoms with E-state index < -0.39 is 30.0 Å². The van der Waals surface area contributed by atoms with Crippen LogP contribution in [0.25, 0.3) is 0 Å².